The average molecular weight is 219 g/mol. The zero-order chi connectivity index (χ0) is 11.6. The SMILES string of the molecule is CNCC1(c2ccc(C(=O)O)cc2)CCC1. The molecule has 0 radical (unpaired) electrons. The second kappa shape index (κ2) is 4.26. The van der Waals surface area contributed by atoms with Crippen LogP contribution in [0.1, 0.15) is 35.2 Å². The van der Waals surface area contributed by atoms with Crippen LogP contribution in [0.15, 0.2) is 24.3 Å². The molecule has 0 bridgehead atoms. The molecule has 0 heterocycles. The van der Waals surface area contributed by atoms with E-state index in [1.807, 2.05) is 19.2 Å². The Hall–Kier alpha value is -1.35. The second-order valence-corrected chi connectivity index (χ2v) is 4.55. The summed E-state index contributed by atoms with van der Waals surface area (Å²) >= 11 is 0. The lowest BCUT2D eigenvalue weighted by Gasteiger charge is -2.42. The summed E-state index contributed by atoms with van der Waals surface area (Å²) in [7, 11) is 1.96. The Kier molecular flexibility index (Phi) is 2.97. The van der Waals surface area contributed by atoms with Gasteiger partial charge in [-0.15, -0.1) is 0 Å². The summed E-state index contributed by atoms with van der Waals surface area (Å²) in [6.07, 6.45) is 3.66. The molecular weight excluding hydrogens is 202 g/mol. The van der Waals surface area contributed by atoms with E-state index in [0.717, 1.165) is 6.54 Å². The van der Waals surface area contributed by atoms with Gasteiger partial charge in [0.1, 0.15) is 0 Å². The molecule has 0 aromatic heterocycles. The summed E-state index contributed by atoms with van der Waals surface area (Å²) in [6, 6.07) is 7.32. The second-order valence-electron chi connectivity index (χ2n) is 4.55. The molecule has 16 heavy (non-hydrogen) atoms. The molecule has 0 amide bonds. The third-order valence-corrected chi connectivity index (χ3v) is 3.57. The fraction of sp³-hybridized carbons (Fsp3) is 0.462. The van der Waals surface area contributed by atoms with E-state index in [0.29, 0.717) is 5.56 Å². The predicted octanol–water partition coefficient (Wildman–Crippen LogP) is 2.03. The van der Waals surface area contributed by atoms with E-state index in [-0.39, 0.29) is 5.41 Å². The van der Waals surface area contributed by atoms with Gasteiger partial charge in [-0.2, -0.15) is 0 Å². The molecule has 0 unspecified atom stereocenters. The fourth-order valence-corrected chi connectivity index (χ4v) is 2.48. The molecule has 1 aromatic rings. The first-order chi connectivity index (χ1) is 7.68. The first-order valence-electron chi connectivity index (χ1n) is 5.66. The van der Waals surface area contributed by atoms with Crippen molar-refractivity contribution in [3.8, 4) is 0 Å². The maximum atomic E-state index is 10.8. The van der Waals surface area contributed by atoms with Crippen LogP contribution in [0, 0.1) is 0 Å². The van der Waals surface area contributed by atoms with Crippen molar-refractivity contribution in [3.63, 3.8) is 0 Å². The Balaban J connectivity index is 2.23. The summed E-state index contributed by atoms with van der Waals surface area (Å²) in [5.74, 6) is -0.858. The minimum absolute atomic E-state index is 0.242. The van der Waals surface area contributed by atoms with E-state index >= 15 is 0 Å². The zero-order valence-corrected chi connectivity index (χ0v) is 9.49. The third-order valence-electron chi connectivity index (χ3n) is 3.57. The van der Waals surface area contributed by atoms with Crippen molar-refractivity contribution in [1.29, 1.82) is 0 Å². The maximum absolute atomic E-state index is 10.8. The number of carboxylic acids is 1. The van der Waals surface area contributed by atoms with E-state index in [1.54, 1.807) is 12.1 Å². The highest BCUT2D eigenvalue weighted by atomic mass is 16.4. The van der Waals surface area contributed by atoms with Gasteiger partial charge in [0.2, 0.25) is 0 Å². The van der Waals surface area contributed by atoms with Crippen molar-refractivity contribution in [2.75, 3.05) is 13.6 Å². The van der Waals surface area contributed by atoms with Gasteiger partial charge in [0.25, 0.3) is 0 Å². The molecule has 1 aliphatic carbocycles. The normalized spacial score (nSPS) is 17.8. The molecular formula is C13H17NO2. The molecule has 1 aliphatic rings. The van der Waals surface area contributed by atoms with E-state index < -0.39 is 5.97 Å². The molecule has 1 aromatic carbocycles. The number of nitrogens with one attached hydrogen (secondary N) is 1. The van der Waals surface area contributed by atoms with E-state index in [1.165, 1.54) is 24.8 Å². The van der Waals surface area contributed by atoms with E-state index in [9.17, 15) is 4.79 Å². The lowest BCUT2D eigenvalue weighted by molar-refractivity contribution is 0.0697. The Labute approximate surface area is 95.5 Å². The van der Waals surface area contributed by atoms with E-state index in [2.05, 4.69) is 5.32 Å². The summed E-state index contributed by atoms with van der Waals surface area (Å²) in [6.45, 7) is 0.972. The molecule has 0 atom stereocenters. The van der Waals surface area contributed by atoms with Gasteiger partial charge in [-0.3, -0.25) is 0 Å². The molecule has 0 spiro atoms. The van der Waals surface area contributed by atoms with Crippen LogP contribution in [0.2, 0.25) is 0 Å². The lowest BCUT2D eigenvalue weighted by atomic mass is 9.64. The number of rotatable bonds is 4. The highest BCUT2D eigenvalue weighted by Gasteiger charge is 2.37. The van der Waals surface area contributed by atoms with Gasteiger partial charge in [-0.25, -0.2) is 4.79 Å². The van der Waals surface area contributed by atoms with Crippen molar-refractivity contribution in [2.24, 2.45) is 0 Å². The molecule has 3 nitrogen and oxygen atoms in total. The van der Waals surface area contributed by atoms with Crippen LogP contribution < -0.4 is 5.32 Å². The van der Waals surface area contributed by atoms with E-state index in [4.69, 9.17) is 5.11 Å². The van der Waals surface area contributed by atoms with Crippen LogP contribution in [-0.2, 0) is 5.41 Å². The van der Waals surface area contributed by atoms with Crippen molar-refractivity contribution in [3.05, 3.63) is 35.4 Å². The minimum Gasteiger partial charge on any atom is -0.478 e. The summed E-state index contributed by atoms with van der Waals surface area (Å²) in [5.41, 5.74) is 1.87. The fourth-order valence-electron chi connectivity index (χ4n) is 2.48. The molecule has 0 aliphatic heterocycles. The van der Waals surface area contributed by atoms with Gasteiger partial charge in [0, 0.05) is 12.0 Å². The topological polar surface area (TPSA) is 49.3 Å². The molecule has 1 fully saturated rings. The van der Waals surface area contributed by atoms with Crippen LogP contribution in [0.4, 0.5) is 0 Å². The van der Waals surface area contributed by atoms with Crippen molar-refractivity contribution < 1.29 is 9.90 Å². The molecule has 2 rings (SSSR count). The molecule has 1 saturated carbocycles. The monoisotopic (exact) mass is 219 g/mol. The van der Waals surface area contributed by atoms with Crippen LogP contribution >= 0.6 is 0 Å². The summed E-state index contributed by atoms with van der Waals surface area (Å²) in [4.78, 5) is 10.8. The third kappa shape index (κ3) is 1.83. The first kappa shape index (κ1) is 11.1. The average Bonchev–Trinajstić information content (AvgIpc) is 2.23. The van der Waals surface area contributed by atoms with Crippen LogP contribution in [0.5, 0.6) is 0 Å². The van der Waals surface area contributed by atoms with Gasteiger partial charge in [-0.1, -0.05) is 18.6 Å². The molecule has 86 valence electrons. The van der Waals surface area contributed by atoms with Crippen molar-refractivity contribution in [1.82, 2.24) is 5.32 Å². The number of carbonyl (C=O) groups is 1. The molecule has 2 N–H and O–H groups in total. The zero-order valence-electron chi connectivity index (χ0n) is 9.49. The van der Waals surface area contributed by atoms with Crippen LogP contribution in [0.3, 0.4) is 0 Å². The summed E-state index contributed by atoms with van der Waals surface area (Å²) < 4.78 is 0. The van der Waals surface area contributed by atoms with Gasteiger partial charge in [-0.05, 0) is 37.6 Å². The highest BCUT2D eigenvalue weighted by molar-refractivity contribution is 5.87. The summed E-state index contributed by atoms with van der Waals surface area (Å²) in [5, 5.41) is 12.1. The maximum Gasteiger partial charge on any atom is 0.335 e. The van der Waals surface area contributed by atoms with Gasteiger partial charge >= 0.3 is 5.97 Å². The number of hydrogen-bond acceptors (Lipinski definition) is 2. The lowest BCUT2D eigenvalue weighted by Crippen LogP contribution is -2.42. The van der Waals surface area contributed by atoms with Crippen LogP contribution in [0.25, 0.3) is 0 Å². The highest BCUT2D eigenvalue weighted by Crippen LogP contribution is 2.43. The van der Waals surface area contributed by atoms with Crippen molar-refractivity contribution in [2.45, 2.75) is 24.7 Å². The number of likely N-dealkylation sites (N-methyl/N-ethyl adjacent to an activating group) is 1. The van der Waals surface area contributed by atoms with Gasteiger partial charge < -0.3 is 10.4 Å². The Bertz CT molecular complexity index is 379. The predicted molar refractivity (Wildman–Crippen MR) is 62.9 cm³/mol. The van der Waals surface area contributed by atoms with Gasteiger partial charge in [0.15, 0.2) is 0 Å². The number of hydrogen-bond donors (Lipinski definition) is 2. The Morgan fingerprint density at radius 1 is 1.38 bits per heavy atom. The minimum atomic E-state index is -0.858. The Morgan fingerprint density at radius 2 is 2.00 bits per heavy atom. The first-order valence-corrected chi connectivity index (χ1v) is 5.66. The number of carboxylic acid groups (broad SMARTS) is 1. The Morgan fingerprint density at radius 3 is 2.38 bits per heavy atom. The molecule has 3 heteroatoms. The van der Waals surface area contributed by atoms with Crippen LogP contribution in [-0.4, -0.2) is 24.7 Å². The number of aromatic carboxylic acids is 1. The van der Waals surface area contributed by atoms with Gasteiger partial charge in [0.05, 0.1) is 5.56 Å². The number of benzene rings is 1. The van der Waals surface area contributed by atoms with Crippen molar-refractivity contribution >= 4 is 5.97 Å². The largest absolute Gasteiger partial charge is 0.478 e. The quantitative estimate of drug-likeness (QED) is 0.814. The molecule has 0 saturated heterocycles. The smallest absolute Gasteiger partial charge is 0.335 e. The standard InChI is InChI=1S/C13H17NO2/c1-14-9-13(7-2-8-13)11-5-3-10(4-6-11)12(15)16/h3-6,14H,2,7-9H2,1H3,(H,15,16).